The third-order valence-electron chi connectivity index (χ3n) is 2.21. The van der Waals surface area contributed by atoms with Gasteiger partial charge in [-0.25, -0.2) is 0 Å². The fourth-order valence-electron chi connectivity index (χ4n) is 1.58. The molecule has 0 spiro atoms. The second kappa shape index (κ2) is 4.34. The van der Waals surface area contributed by atoms with Crippen LogP contribution in [0.3, 0.4) is 0 Å². The predicted molar refractivity (Wildman–Crippen MR) is 42.2 cm³/mol. The van der Waals surface area contributed by atoms with Crippen molar-refractivity contribution in [3.63, 3.8) is 0 Å². The van der Waals surface area contributed by atoms with E-state index in [-0.39, 0.29) is 0 Å². The maximum Gasteiger partial charge on any atom is 0.207 e. The van der Waals surface area contributed by atoms with E-state index in [2.05, 4.69) is 12.2 Å². The molecule has 11 heavy (non-hydrogen) atoms. The minimum absolute atomic E-state index is 0.363. The number of amides is 1. The lowest BCUT2D eigenvalue weighted by molar-refractivity contribution is -0.109. The highest BCUT2D eigenvalue weighted by Gasteiger charge is 2.25. The van der Waals surface area contributed by atoms with Crippen LogP contribution in [0, 0.1) is 5.92 Å². The summed E-state index contributed by atoms with van der Waals surface area (Å²) in [7, 11) is 0. The van der Waals surface area contributed by atoms with Gasteiger partial charge in [0.2, 0.25) is 6.41 Å². The summed E-state index contributed by atoms with van der Waals surface area (Å²) in [5.74, 6) is 0.533. The molecule has 1 saturated heterocycles. The first-order chi connectivity index (χ1) is 5.38. The molecule has 1 aliphatic heterocycles. The molecule has 3 nitrogen and oxygen atoms in total. The van der Waals surface area contributed by atoms with E-state index in [1.807, 2.05) is 0 Å². The zero-order valence-corrected chi connectivity index (χ0v) is 6.88. The molecule has 1 heterocycles. The van der Waals surface area contributed by atoms with Gasteiger partial charge in [-0.15, -0.1) is 0 Å². The van der Waals surface area contributed by atoms with Crippen LogP contribution in [0.4, 0.5) is 0 Å². The van der Waals surface area contributed by atoms with Crippen LogP contribution in [0.5, 0.6) is 0 Å². The Morgan fingerprint density at radius 2 is 2.55 bits per heavy atom. The average molecular weight is 157 g/mol. The zero-order valence-electron chi connectivity index (χ0n) is 6.88. The topological polar surface area (TPSA) is 38.3 Å². The zero-order chi connectivity index (χ0) is 8.10. The van der Waals surface area contributed by atoms with E-state index in [0.29, 0.717) is 12.0 Å². The molecule has 1 fully saturated rings. The van der Waals surface area contributed by atoms with Gasteiger partial charge in [0.1, 0.15) is 0 Å². The Kier molecular flexibility index (Phi) is 3.36. The minimum atomic E-state index is 0.363. The van der Waals surface area contributed by atoms with Gasteiger partial charge in [-0.05, 0) is 12.8 Å². The van der Waals surface area contributed by atoms with Crippen LogP contribution in [0.15, 0.2) is 0 Å². The molecular formula is C8H15NO2. The molecule has 0 saturated carbocycles. The highest BCUT2D eigenvalue weighted by atomic mass is 16.5. The van der Waals surface area contributed by atoms with Crippen molar-refractivity contribution in [3.8, 4) is 0 Å². The van der Waals surface area contributed by atoms with Crippen LogP contribution in [-0.4, -0.2) is 25.7 Å². The largest absolute Gasteiger partial charge is 0.378 e. The van der Waals surface area contributed by atoms with Crippen molar-refractivity contribution in [3.05, 3.63) is 0 Å². The molecule has 64 valence electrons. The summed E-state index contributed by atoms with van der Waals surface area (Å²) < 4.78 is 5.46. The molecular weight excluding hydrogens is 142 g/mol. The Morgan fingerprint density at radius 3 is 3.18 bits per heavy atom. The number of rotatable bonds is 4. The Balaban J connectivity index is 2.25. The van der Waals surface area contributed by atoms with Gasteiger partial charge in [0, 0.05) is 19.1 Å². The lowest BCUT2D eigenvalue weighted by Gasteiger charge is -2.15. The van der Waals surface area contributed by atoms with Crippen molar-refractivity contribution in [2.45, 2.75) is 25.9 Å². The van der Waals surface area contributed by atoms with Crippen molar-refractivity contribution in [2.75, 3.05) is 13.2 Å². The van der Waals surface area contributed by atoms with Crippen LogP contribution in [0.25, 0.3) is 0 Å². The first-order valence-corrected chi connectivity index (χ1v) is 4.17. The van der Waals surface area contributed by atoms with Crippen LogP contribution in [-0.2, 0) is 9.53 Å². The number of hydrogen-bond donors (Lipinski definition) is 1. The van der Waals surface area contributed by atoms with Crippen LogP contribution in [0.1, 0.15) is 19.8 Å². The molecule has 1 amide bonds. The predicted octanol–water partition coefficient (Wildman–Crippen LogP) is 0.547. The van der Waals surface area contributed by atoms with E-state index in [1.54, 1.807) is 0 Å². The van der Waals surface area contributed by atoms with Gasteiger partial charge in [0.25, 0.3) is 0 Å². The molecule has 2 unspecified atom stereocenters. The summed E-state index contributed by atoms with van der Waals surface area (Å²) in [4.78, 5) is 10.0. The number of hydrogen-bond acceptors (Lipinski definition) is 2. The second-order valence-corrected chi connectivity index (χ2v) is 2.89. The summed E-state index contributed by atoms with van der Waals surface area (Å²) >= 11 is 0. The van der Waals surface area contributed by atoms with Gasteiger partial charge in [0.15, 0.2) is 0 Å². The Labute approximate surface area is 67.1 Å². The fraction of sp³-hybridized carbons (Fsp3) is 0.875. The average Bonchev–Trinajstić information content (AvgIpc) is 2.47. The van der Waals surface area contributed by atoms with Crippen molar-refractivity contribution >= 4 is 6.41 Å². The van der Waals surface area contributed by atoms with Crippen LogP contribution >= 0.6 is 0 Å². The van der Waals surface area contributed by atoms with E-state index in [4.69, 9.17) is 4.74 Å². The normalized spacial score (nSPS) is 30.3. The molecule has 1 rings (SSSR count). The maximum absolute atomic E-state index is 10.0. The molecule has 1 aliphatic rings. The van der Waals surface area contributed by atoms with Crippen molar-refractivity contribution in [2.24, 2.45) is 5.92 Å². The molecule has 0 radical (unpaired) electrons. The second-order valence-electron chi connectivity index (χ2n) is 2.89. The number of ether oxygens (including phenoxy) is 1. The summed E-state index contributed by atoms with van der Waals surface area (Å²) in [6.07, 6.45) is 3.25. The quantitative estimate of drug-likeness (QED) is 0.605. The van der Waals surface area contributed by atoms with E-state index in [1.165, 1.54) is 0 Å². The minimum Gasteiger partial charge on any atom is -0.378 e. The third-order valence-corrected chi connectivity index (χ3v) is 2.21. The SMILES string of the molecule is CCC1OCCC1CNC=O. The standard InChI is InChI=1S/C8H15NO2/c1-2-8-7(3-4-11-8)5-9-6-10/h6-8H,2-5H2,1H3,(H,9,10). The smallest absolute Gasteiger partial charge is 0.207 e. The summed E-state index contributed by atoms with van der Waals surface area (Å²) in [6.45, 7) is 3.73. The van der Waals surface area contributed by atoms with E-state index in [0.717, 1.165) is 32.4 Å². The first-order valence-electron chi connectivity index (χ1n) is 4.17. The van der Waals surface area contributed by atoms with Gasteiger partial charge in [-0.2, -0.15) is 0 Å². The van der Waals surface area contributed by atoms with E-state index in [9.17, 15) is 4.79 Å². The Morgan fingerprint density at radius 1 is 1.73 bits per heavy atom. The van der Waals surface area contributed by atoms with Gasteiger partial charge in [-0.1, -0.05) is 6.92 Å². The monoisotopic (exact) mass is 157 g/mol. The molecule has 1 N–H and O–H groups in total. The Hall–Kier alpha value is -0.570. The fourth-order valence-corrected chi connectivity index (χ4v) is 1.58. The van der Waals surface area contributed by atoms with Gasteiger partial charge in [-0.3, -0.25) is 4.79 Å². The Bertz CT molecular complexity index is 127. The molecule has 2 atom stereocenters. The maximum atomic E-state index is 10.0. The molecule has 3 heteroatoms. The molecule has 0 bridgehead atoms. The van der Waals surface area contributed by atoms with Crippen molar-refractivity contribution < 1.29 is 9.53 Å². The van der Waals surface area contributed by atoms with E-state index < -0.39 is 0 Å². The lowest BCUT2D eigenvalue weighted by Crippen LogP contribution is -2.27. The number of carbonyl (C=O) groups excluding carboxylic acids is 1. The lowest BCUT2D eigenvalue weighted by atomic mass is 10.00. The molecule has 0 aromatic heterocycles. The van der Waals surface area contributed by atoms with Gasteiger partial charge < -0.3 is 10.1 Å². The molecule has 0 aliphatic carbocycles. The summed E-state index contributed by atoms with van der Waals surface area (Å²) in [6, 6.07) is 0. The van der Waals surface area contributed by atoms with Crippen molar-refractivity contribution in [1.29, 1.82) is 0 Å². The van der Waals surface area contributed by atoms with Crippen LogP contribution in [0.2, 0.25) is 0 Å². The summed E-state index contributed by atoms with van der Waals surface area (Å²) in [5, 5.41) is 2.69. The highest BCUT2D eigenvalue weighted by Crippen LogP contribution is 2.22. The molecule has 0 aromatic carbocycles. The number of carbonyl (C=O) groups is 1. The molecule has 0 aromatic rings. The van der Waals surface area contributed by atoms with E-state index >= 15 is 0 Å². The number of nitrogens with one attached hydrogen (secondary N) is 1. The van der Waals surface area contributed by atoms with Gasteiger partial charge in [0.05, 0.1) is 6.10 Å². The van der Waals surface area contributed by atoms with Crippen molar-refractivity contribution in [1.82, 2.24) is 5.32 Å². The summed E-state index contributed by atoms with van der Waals surface area (Å²) in [5.41, 5.74) is 0. The third kappa shape index (κ3) is 2.19. The van der Waals surface area contributed by atoms with Crippen LogP contribution < -0.4 is 5.32 Å². The highest BCUT2D eigenvalue weighted by molar-refractivity contribution is 5.45. The van der Waals surface area contributed by atoms with Gasteiger partial charge >= 0.3 is 0 Å². The first kappa shape index (κ1) is 8.53.